The third-order valence-electron chi connectivity index (χ3n) is 2.99. The number of sulfonamides is 1. The maximum atomic E-state index is 13.0. The van der Waals surface area contributed by atoms with E-state index in [1.165, 1.54) is 19.4 Å². The van der Waals surface area contributed by atoms with E-state index in [0.29, 0.717) is 10.4 Å². The van der Waals surface area contributed by atoms with Crippen molar-refractivity contribution in [2.45, 2.75) is 11.1 Å². The number of nitrogens with zero attached hydrogens (tertiary/aromatic N) is 2. The second-order valence-corrected chi connectivity index (χ2v) is 7.40. The zero-order valence-electron chi connectivity index (χ0n) is 13.6. The quantitative estimate of drug-likeness (QED) is 0.331. The Morgan fingerprint density at radius 1 is 1.26 bits per heavy atom. The van der Waals surface area contributed by atoms with E-state index in [-0.39, 0.29) is 50.7 Å². The van der Waals surface area contributed by atoms with Gasteiger partial charge in [0.05, 0.1) is 15.5 Å². The molecule has 0 fully saturated rings. The predicted molar refractivity (Wildman–Crippen MR) is 91.8 cm³/mol. The summed E-state index contributed by atoms with van der Waals surface area (Å²) in [7, 11) is -3.19. The van der Waals surface area contributed by atoms with E-state index in [1.807, 2.05) is 0 Å². The summed E-state index contributed by atoms with van der Waals surface area (Å²) in [5.41, 5.74) is -1.35. The van der Waals surface area contributed by atoms with Crippen molar-refractivity contribution < 1.29 is 43.3 Å². The van der Waals surface area contributed by atoms with E-state index in [0.717, 1.165) is 12.1 Å². The Balaban J connectivity index is 0.00000338. The van der Waals surface area contributed by atoms with Gasteiger partial charge in [0.1, 0.15) is 6.73 Å². The first kappa shape index (κ1) is 26.7. The molecule has 0 saturated heterocycles. The van der Waals surface area contributed by atoms with E-state index >= 15 is 0 Å². The van der Waals surface area contributed by atoms with E-state index < -0.39 is 38.4 Å². The van der Waals surface area contributed by atoms with Crippen LogP contribution in [0.4, 0.5) is 18.9 Å². The molecular weight excluding hydrogens is 508 g/mol. The fraction of sp³-hybridized carbons (Fsp3) is 0.214. The van der Waals surface area contributed by atoms with Crippen LogP contribution in [0.1, 0.15) is 5.56 Å². The molecular formula is C14H10BrCl2F3MgN2O3S. The van der Waals surface area contributed by atoms with E-state index in [2.05, 4.69) is 11.2 Å². The van der Waals surface area contributed by atoms with Crippen LogP contribution in [0.25, 0.3) is 0 Å². The van der Waals surface area contributed by atoms with Gasteiger partial charge in [0.2, 0.25) is 0 Å². The molecule has 0 amide bonds. The molecule has 0 aliphatic rings. The Labute approximate surface area is 190 Å². The molecule has 0 saturated carbocycles. The molecule has 0 bridgehead atoms. The van der Waals surface area contributed by atoms with Crippen LogP contribution < -0.4 is 21.3 Å². The van der Waals surface area contributed by atoms with Crippen molar-refractivity contribution in [3.05, 3.63) is 52.3 Å². The van der Waals surface area contributed by atoms with Gasteiger partial charge < -0.3 is 26.7 Å². The SMILES string of the molecule is COCN(c1[c-]ncc(Cl)c1)S(=O)(=O)c1ccc(Cl)c(C(F)(F)F)c1.[Br-].[Mg+2]. The van der Waals surface area contributed by atoms with Crippen LogP contribution in [-0.4, -0.2) is 50.3 Å². The summed E-state index contributed by atoms with van der Waals surface area (Å²) >= 11 is 11.3. The van der Waals surface area contributed by atoms with Gasteiger partial charge >= 0.3 is 29.2 Å². The fourth-order valence-corrected chi connectivity index (χ4v) is 3.62. The van der Waals surface area contributed by atoms with Gasteiger partial charge in [-0.05, 0) is 28.9 Å². The Hall–Kier alpha value is -0.304. The van der Waals surface area contributed by atoms with Gasteiger partial charge in [0.15, 0.2) is 0 Å². The molecule has 1 aromatic heterocycles. The first-order chi connectivity index (χ1) is 11.6. The number of hydrogen-bond donors (Lipinski definition) is 0. The van der Waals surface area contributed by atoms with E-state index in [9.17, 15) is 21.6 Å². The molecule has 0 aliphatic carbocycles. The van der Waals surface area contributed by atoms with Crippen LogP contribution >= 0.6 is 23.2 Å². The van der Waals surface area contributed by atoms with Gasteiger partial charge in [-0.25, -0.2) is 8.42 Å². The van der Waals surface area contributed by atoms with Crippen LogP contribution in [0.3, 0.4) is 0 Å². The number of ether oxygens (including phenoxy) is 1. The van der Waals surface area contributed by atoms with Crippen molar-refractivity contribution >= 4 is 62.0 Å². The van der Waals surface area contributed by atoms with Gasteiger partial charge in [-0.3, -0.25) is 4.31 Å². The van der Waals surface area contributed by atoms with Crippen molar-refractivity contribution in [3.8, 4) is 0 Å². The van der Waals surface area contributed by atoms with Gasteiger partial charge in [-0.15, -0.1) is 17.7 Å². The molecule has 144 valence electrons. The molecule has 0 spiro atoms. The third-order valence-corrected chi connectivity index (χ3v) is 5.26. The standard InChI is InChI=1S/C14H10Cl2F3N2O3S.BrH.Mg/c1-24-8-21(10-4-9(15)6-20-7-10)25(22,23)11-2-3-13(16)12(5-11)14(17,18)19;;/h2-6H,8H2,1H3;1H;/q-1;;+2/p-1. The number of hydrogen-bond acceptors (Lipinski definition) is 4. The Bertz CT molecular complexity index is 888. The minimum Gasteiger partial charge on any atom is -1.00 e. The summed E-state index contributed by atoms with van der Waals surface area (Å²) in [6.45, 7) is -0.481. The normalized spacial score (nSPS) is 11.3. The summed E-state index contributed by atoms with van der Waals surface area (Å²) in [6.07, 6.45) is -1.17. The Morgan fingerprint density at radius 2 is 1.89 bits per heavy atom. The minimum absolute atomic E-state index is 0. The summed E-state index contributed by atoms with van der Waals surface area (Å²) in [4.78, 5) is 3.03. The van der Waals surface area contributed by atoms with Crippen LogP contribution in [0.2, 0.25) is 10.0 Å². The van der Waals surface area contributed by atoms with Gasteiger partial charge in [-0.2, -0.15) is 13.2 Å². The zero-order valence-corrected chi connectivity index (χ0v) is 18.9. The monoisotopic (exact) mass is 516 g/mol. The number of methoxy groups -OCH3 is 1. The van der Waals surface area contributed by atoms with E-state index in [4.69, 9.17) is 27.9 Å². The molecule has 27 heavy (non-hydrogen) atoms. The van der Waals surface area contributed by atoms with Crippen LogP contribution in [0.5, 0.6) is 0 Å². The smallest absolute Gasteiger partial charge is 1.00 e. The minimum atomic E-state index is -4.81. The average molecular weight is 518 g/mol. The summed E-state index contributed by atoms with van der Waals surface area (Å²) in [6, 6.07) is 3.53. The van der Waals surface area contributed by atoms with Gasteiger partial charge in [0.25, 0.3) is 10.0 Å². The maximum absolute atomic E-state index is 13.0. The average Bonchev–Trinajstić information content (AvgIpc) is 2.51. The topological polar surface area (TPSA) is 59.5 Å². The summed E-state index contributed by atoms with van der Waals surface area (Å²) < 4.78 is 70.0. The second kappa shape index (κ2) is 10.5. The number of aromatic nitrogens is 1. The summed E-state index contributed by atoms with van der Waals surface area (Å²) in [5.74, 6) is 0. The molecule has 0 atom stereocenters. The number of halogens is 6. The second-order valence-electron chi connectivity index (χ2n) is 4.70. The van der Waals surface area contributed by atoms with Crippen LogP contribution in [0, 0.1) is 6.20 Å². The van der Waals surface area contributed by atoms with Crippen molar-refractivity contribution in [1.82, 2.24) is 4.98 Å². The molecule has 0 radical (unpaired) electrons. The fourth-order valence-electron chi connectivity index (χ4n) is 1.88. The molecule has 13 heteroatoms. The largest absolute Gasteiger partial charge is 2.00 e. The van der Waals surface area contributed by atoms with Crippen molar-refractivity contribution in [1.29, 1.82) is 0 Å². The third kappa shape index (κ3) is 6.34. The zero-order chi connectivity index (χ0) is 18.8. The first-order valence-corrected chi connectivity index (χ1v) is 8.68. The van der Waals surface area contributed by atoms with E-state index in [1.54, 1.807) is 0 Å². The summed E-state index contributed by atoms with van der Waals surface area (Å²) in [5, 5.41) is -0.488. The predicted octanol–water partition coefficient (Wildman–Crippen LogP) is 0.630. The molecule has 0 aliphatic heterocycles. The van der Waals surface area contributed by atoms with Gasteiger partial charge in [0, 0.05) is 7.11 Å². The van der Waals surface area contributed by atoms with Gasteiger partial charge in [-0.1, -0.05) is 24.0 Å². The number of alkyl halides is 3. The van der Waals surface area contributed by atoms with Crippen LogP contribution in [-0.2, 0) is 20.9 Å². The Kier molecular flexibility index (Phi) is 10.3. The number of rotatable bonds is 5. The Morgan fingerprint density at radius 3 is 2.41 bits per heavy atom. The molecule has 1 heterocycles. The maximum Gasteiger partial charge on any atom is 2.00 e. The van der Waals surface area contributed by atoms with Crippen molar-refractivity contribution in [2.75, 3.05) is 18.1 Å². The molecule has 2 aromatic rings. The van der Waals surface area contributed by atoms with Crippen LogP contribution in [0.15, 0.2) is 35.4 Å². The molecule has 0 N–H and O–H groups in total. The number of anilines is 1. The molecule has 1 aromatic carbocycles. The molecule has 2 rings (SSSR count). The number of benzene rings is 1. The van der Waals surface area contributed by atoms with Crippen molar-refractivity contribution in [2.24, 2.45) is 0 Å². The van der Waals surface area contributed by atoms with Crippen molar-refractivity contribution in [3.63, 3.8) is 0 Å². The first-order valence-electron chi connectivity index (χ1n) is 6.49. The molecule has 5 nitrogen and oxygen atoms in total. The molecule has 0 unspecified atom stereocenters. The number of pyridine rings is 1.